The van der Waals surface area contributed by atoms with Crippen LogP contribution in [-0.2, 0) is 16.1 Å². The molecule has 0 aliphatic carbocycles. The largest absolute Gasteiger partial charge is 0.341 e. The molecule has 1 saturated heterocycles. The molecular formula is C37H26ClFN6O5S. The van der Waals surface area contributed by atoms with Crippen LogP contribution in [0, 0.1) is 17.7 Å². The Morgan fingerprint density at radius 2 is 1.88 bits per heavy atom. The minimum atomic E-state index is -0.713. The third kappa shape index (κ3) is 7.00. The summed E-state index contributed by atoms with van der Waals surface area (Å²) >= 11 is 7.69. The number of imide groups is 1. The lowest BCUT2D eigenvalue weighted by Gasteiger charge is -2.29. The lowest BCUT2D eigenvalue weighted by atomic mass is 10.0. The van der Waals surface area contributed by atoms with Gasteiger partial charge < -0.3 is 20.9 Å². The Bertz CT molecular complexity index is 2350. The molecule has 0 bridgehead atoms. The molecule has 1 atom stereocenters. The van der Waals surface area contributed by atoms with Crippen molar-refractivity contribution in [3.8, 4) is 11.8 Å². The van der Waals surface area contributed by atoms with Gasteiger partial charge in [-0.1, -0.05) is 41.6 Å². The SMILES string of the molecule is O=C1CCC(N2Cc3cc(C#CCNC(=O)c4cnc(Nc5cc(F)ccc5Cl)c(NC(=O)c5csc6ccccc56)c4)ccc3C2=O)C(=O)N1. The number of carbonyl (C=O) groups is 5. The predicted octanol–water partition coefficient (Wildman–Crippen LogP) is 5.63. The average molecular weight is 721 g/mol. The van der Waals surface area contributed by atoms with Crippen LogP contribution in [-0.4, -0.2) is 52.0 Å². The Morgan fingerprint density at radius 1 is 1.04 bits per heavy atom. The molecule has 51 heavy (non-hydrogen) atoms. The number of amides is 5. The third-order valence-corrected chi connectivity index (χ3v) is 9.69. The van der Waals surface area contributed by atoms with Crippen molar-refractivity contribution in [1.29, 1.82) is 0 Å². The third-order valence-electron chi connectivity index (χ3n) is 8.40. The van der Waals surface area contributed by atoms with Crippen molar-refractivity contribution in [2.75, 3.05) is 17.2 Å². The second kappa shape index (κ2) is 14.0. The minimum Gasteiger partial charge on any atom is -0.341 e. The van der Waals surface area contributed by atoms with E-state index in [1.807, 2.05) is 24.3 Å². The Hall–Kier alpha value is -6.10. The summed E-state index contributed by atoms with van der Waals surface area (Å²) in [7, 11) is 0. The molecule has 3 aromatic carbocycles. The second-order valence-electron chi connectivity index (χ2n) is 11.7. The lowest BCUT2D eigenvalue weighted by Crippen LogP contribution is -2.52. The van der Waals surface area contributed by atoms with Crippen molar-refractivity contribution >= 4 is 79.8 Å². The number of hydrogen-bond donors (Lipinski definition) is 4. The molecule has 1 unspecified atom stereocenters. The van der Waals surface area contributed by atoms with Crippen molar-refractivity contribution in [2.24, 2.45) is 0 Å². The molecular weight excluding hydrogens is 695 g/mol. The molecule has 1 fully saturated rings. The fraction of sp³-hybridized carbons (Fsp3) is 0.135. The second-order valence-corrected chi connectivity index (χ2v) is 13.0. The van der Waals surface area contributed by atoms with Gasteiger partial charge >= 0.3 is 0 Å². The molecule has 11 nitrogen and oxygen atoms in total. The van der Waals surface area contributed by atoms with E-state index in [2.05, 4.69) is 38.1 Å². The van der Waals surface area contributed by atoms with E-state index in [1.165, 1.54) is 46.7 Å². The van der Waals surface area contributed by atoms with E-state index in [-0.39, 0.29) is 65.5 Å². The quantitative estimate of drug-likeness (QED) is 0.126. The Labute approximate surface area is 299 Å². The summed E-state index contributed by atoms with van der Waals surface area (Å²) in [6.07, 6.45) is 1.74. The highest BCUT2D eigenvalue weighted by molar-refractivity contribution is 7.17. The zero-order chi connectivity index (χ0) is 35.6. The van der Waals surface area contributed by atoms with Gasteiger partial charge in [0, 0.05) is 45.8 Å². The number of halogens is 2. The number of aromatic nitrogens is 1. The normalized spacial score (nSPS) is 15.1. The van der Waals surface area contributed by atoms with Crippen molar-refractivity contribution < 1.29 is 28.4 Å². The maximum atomic E-state index is 14.0. The molecule has 4 N–H and O–H groups in total. The van der Waals surface area contributed by atoms with Crippen LogP contribution in [0.15, 0.2) is 78.3 Å². The number of rotatable bonds is 7. The molecule has 5 aromatic rings. The Morgan fingerprint density at radius 3 is 2.73 bits per heavy atom. The fourth-order valence-electron chi connectivity index (χ4n) is 5.87. The van der Waals surface area contributed by atoms with E-state index >= 15 is 0 Å². The number of nitrogens with one attached hydrogen (secondary N) is 4. The van der Waals surface area contributed by atoms with E-state index in [0.717, 1.165) is 10.1 Å². The van der Waals surface area contributed by atoms with E-state index < -0.39 is 29.6 Å². The first-order chi connectivity index (χ1) is 24.6. The molecule has 2 aromatic heterocycles. The number of hydrogen-bond acceptors (Lipinski definition) is 8. The van der Waals surface area contributed by atoms with E-state index in [9.17, 15) is 28.4 Å². The van der Waals surface area contributed by atoms with Gasteiger partial charge in [-0.3, -0.25) is 29.3 Å². The monoisotopic (exact) mass is 720 g/mol. The van der Waals surface area contributed by atoms with Crippen LogP contribution in [0.1, 0.15) is 55.0 Å². The summed E-state index contributed by atoms with van der Waals surface area (Å²) in [5.41, 5.74) is 2.74. The Kier molecular flexibility index (Phi) is 9.18. The van der Waals surface area contributed by atoms with Gasteiger partial charge in [0.15, 0.2) is 5.82 Å². The summed E-state index contributed by atoms with van der Waals surface area (Å²) in [5.74, 6) is 3.43. The van der Waals surface area contributed by atoms with Crippen molar-refractivity contribution in [2.45, 2.75) is 25.4 Å². The van der Waals surface area contributed by atoms with E-state index in [4.69, 9.17) is 11.6 Å². The Balaban J connectivity index is 1.05. The summed E-state index contributed by atoms with van der Waals surface area (Å²) in [6, 6.07) is 17.1. The molecule has 0 radical (unpaired) electrons. The van der Waals surface area contributed by atoms with Crippen LogP contribution in [0.3, 0.4) is 0 Å². The van der Waals surface area contributed by atoms with Gasteiger partial charge in [-0.15, -0.1) is 11.3 Å². The van der Waals surface area contributed by atoms with Crippen LogP contribution in [0.25, 0.3) is 10.1 Å². The first-order valence-electron chi connectivity index (χ1n) is 15.7. The molecule has 5 amide bonds. The highest BCUT2D eigenvalue weighted by Gasteiger charge is 2.39. The molecule has 0 saturated carbocycles. The average Bonchev–Trinajstić information content (AvgIpc) is 3.69. The summed E-state index contributed by atoms with van der Waals surface area (Å²) in [5, 5.41) is 13.5. The zero-order valence-corrected chi connectivity index (χ0v) is 28.1. The summed E-state index contributed by atoms with van der Waals surface area (Å²) < 4.78 is 14.9. The topological polar surface area (TPSA) is 150 Å². The number of nitrogens with zero attached hydrogens (tertiary/aromatic N) is 2. The van der Waals surface area contributed by atoms with Crippen LogP contribution in [0.2, 0.25) is 5.02 Å². The van der Waals surface area contributed by atoms with Gasteiger partial charge in [0.2, 0.25) is 11.8 Å². The summed E-state index contributed by atoms with van der Waals surface area (Å²) in [4.78, 5) is 69.3. The molecule has 4 heterocycles. The molecule has 2 aliphatic heterocycles. The van der Waals surface area contributed by atoms with Gasteiger partial charge in [-0.25, -0.2) is 9.37 Å². The first-order valence-corrected chi connectivity index (χ1v) is 16.9. The van der Waals surface area contributed by atoms with Crippen LogP contribution >= 0.6 is 22.9 Å². The summed E-state index contributed by atoms with van der Waals surface area (Å²) in [6.45, 7) is 0.191. The maximum Gasteiger partial charge on any atom is 0.257 e. The smallest absolute Gasteiger partial charge is 0.257 e. The number of carbonyl (C=O) groups excluding carboxylic acids is 5. The maximum absolute atomic E-state index is 14.0. The van der Waals surface area contributed by atoms with Gasteiger partial charge in [0.05, 0.1) is 34.1 Å². The predicted molar refractivity (Wildman–Crippen MR) is 190 cm³/mol. The standard InChI is InChI=1S/C37H26ClFN6O5S/c38-27-10-8-23(39)16-28(27)42-33-29(43-35(48)26-19-51-31-6-2-1-5-25(26)31)15-21(17-41-33)34(47)40-13-3-4-20-7-9-24-22(14-20)18-45(37(24)50)30-11-12-32(46)44-36(30)49/h1-2,5-10,14-17,19,30H,11-13,18H2,(H,40,47)(H,41,42)(H,43,48)(H,44,46,49). The highest BCUT2D eigenvalue weighted by atomic mass is 35.5. The van der Waals surface area contributed by atoms with Gasteiger partial charge in [0.1, 0.15) is 11.9 Å². The number of anilines is 3. The molecule has 14 heteroatoms. The molecule has 0 spiro atoms. The van der Waals surface area contributed by atoms with Crippen LogP contribution in [0.4, 0.5) is 21.6 Å². The lowest BCUT2D eigenvalue weighted by molar-refractivity contribution is -0.136. The van der Waals surface area contributed by atoms with E-state index in [0.29, 0.717) is 22.3 Å². The van der Waals surface area contributed by atoms with Gasteiger partial charge in [0.25, 0.3) is 17.7 Å². The van der Waals surface area contributed by atoms with Crippen molar-refractivity contribution in [3.63, 3.8) is 0 Å². The molecule has 7 rings (SSSR count). The van der Waals surface area contributed by atoms with E-state index in [1.54, 1.807) is 23.6 Å². The van der Waals surface area contributed by atoms with Gasteiger partial charge in [-0.2, -0.15) is 0 Å². The number of fused-ring (bicyclic) bond motifs is 2. The zero-order valence-electron chi connectivity index (χ0n) is 26.5. The van der Waals surface area contributed by atoms with Crippen LogP contribution in [0.5, 0.6) is 0 Å². The minimum absolute atomic E-state index is 0.0290. The number of benzene rings is 3. The number of thiophene rings is 1. The van der Waals surface area contributed by atoms with Crippen LogP contribution < -0.4 is 21.3 Å². The first kappa shape index (κ1) is 33.4. The van der Waals surface area contributed by atoms with Crippen molar-refractivity contribution in [1.82, 2.24) is 20.5 Å². The van der Waals surface area contributed by atoms with Gasteiger partial charge in [-0.05, 0) is 60.5 Å². The molecule has 2 aliphatic rings. The fourth-order valence-corrected chi connectivity index (χ4v) is 6.98. The highest BCUT2D eigenvalue weighted by Crippen LogP contribution is 2.32. The number of piperidine rings is 1. The molecule has 254 valence electrons. The van der Waals surface area contributed by atoms with Crippen molar-refractivity contribution in [3.05, 3.63) is 117 Å². The number of pyridine rings is 1.